The minimum absolute atomic E-state index is 0.627. The first-order valence-corrected chi connectivity index (χ1v) is 4.97. The fourth-order valence-corrected chi connectivity index (χ4v) is 2.33. The zero-order chi connectivity index (χ0) is 8.60. The Morgan fingerprint density at radius 3 is 2.42 bits per heavy atom. The van der Waals surface area contributed by atoms with Crippen LogP contribution in [0.4, 0.5) is 0 Å². The van der Waals surface area contributed by atoms with Crippen molar-refractivity contribution in [2.24, 2.45) is 11.3 Å². The molecule has 2 nitrogen and oxygen atoms in total. The Balaban J connectivity index is 1.57. The zero-order valence-corrected chi connectivity index (χ0v) is 8.10. The van der Waals surface area contributed by atoms with E-state index < -0.39 is 0 Å². The first-order chi connectivity index (χ1) is 5.66. The van der Waals surface area contributed by atoms with Gasteiger partial charge in [-0.15, -0.1) is 0 Å². The molecule has 1 aliphatic carbocycles. The van der Waals surface area contributed by atoms with Crippen LogP contribution in [0.15, 0.2) is 0 Å². The fraction of sp³-hybridized carbons (Fsp3) is 1.00. The van der Waals surface area contributed by atoms with E-state index in [0.29, 0.717) is 11.5 Å². The lowest BCUT2D eigenvalue weighted by Crippen LogP contribution is -2.49. The van der Waals surface area contributed by atoms with E-state index in [9.17, 15) is 0 Å². The Morgan fingerprint density at radius 2 is 2.00 bits per heavy atom. The van der Waals surface area contributed by atoms with Crippen LogP contribution >= 0.6 is 0 Å². The quantitative estimate of drug-likeness (QED) is 0.689. The molecule has 2 aliphatic rings. The van der Waals surface area contributed by atoms with Crippen LogP contribution in [0, 0.1) is 11.3 Å². The minimum atomic E-state index is 0.627. The number of ether oxygens (including phenoxy) is 1. The molecule has 0 aromatic heterocycles. The molecule has 0 spiro atoms. The molecule has 0 amide bonds. The van der Waals surface area contributed by atoms with Crippen molar-refractivity contribution in [3.63, 3.8) is 0 Å². The van der Waals surface area contributed by atoms with Crippen LogP contribution < -0.4 is 5.32 Å². The average Bonchev–Trinajstić information content (AvgIpc) is 1.79. The summed E-state index contributed by atoms with van der Waals surface area (Å²) >= 11 is 0. The van der Waals surface area contributed by atoms with Gasteiger partial charge in [-0.25, -0.2) is 0 Å². The number of nitrogens with one attached hydrogen (secondary N) is 1. The summed E-state index contributed by atoms with van der Waals surface area (Å²) in [5.41, 5.74) is 0.627. The first kappa shape index (κ1) is 8.52. The van der Waals surface area contributed by atoms with E-state index in [0.717, 1.165) is 19.1 Å². The maximum Gasteiger partial charge on any atom is 0.0643 e. The van der Waals surface area contributed by atoms with E-state index in [-0.39, 0.29) is 0 Å². The molecule has 2 rings (SSSR count). The number of rotatable bonds is 3. The summed E-state index contributed by atoms with van der Waals surface area (Å²) in [5.74, 6) is 0.931. The van der Waals surface area contributed by atoms with E-state index in [4.69, 9.17) is 4.74 Å². The molecule has 1 heterocycles. The molecule has 0 radical (unpaired) electrons. The van der Waals surface area contributed by atoms with Gasteiger partial charge in [-0.3, -0.25) is 0 Å². The smallest absolute Gasteiger partial charge is 0.0643 e. The SMILES string of the molecule is CC1(C)CC(CNC2COC2)C1. The molecule has 0 atom stereocenters. The Labute approximate surface area is 74.7 Å². The molecule has 1 saturated heterocycles. The van der Waals surface area contributed by atoms with E-state index >= 15 is 0 Å². The predicted molar refractivity (Wildman–Crippen MR) is 49.1 cm³/mol. The van der Waals surface area contributed by atoms with Gasteiger partial charge >= 0.3 is 0 Å². The Bertz CT molecular complexity index is 155. The first-order valence-electron chi connectivity index (χ1n) is 4.97. The normalized spacial score (nSPS) is 29.5. The zero-order valence-electron chi connectivity index (χ0n) is 8.10. The summed E-state index contributed by atoms with van der Waals surface area (Å²) < 4.78 is 5.10. The molecule has 0 bridgehead atoms. The van der Waals surface area contributed by atoms with Crippen LogP contribution in [0.3, 0.4) is 0 Å². The van der Waals surface area contributed by atoms with Crippen LogP contribution in [0.2, 0.25) is 0 Å². The van der Waals surface area contributed by atoms with Gasteiger partial charge in [0.15, 0.2) is 0 Å². The maximum absolute atomic E-state index is 5.10. The molecule has 1 aliphatic heterocycles. The van der Waals surface area contributed by atoms with Gasteiger partial charge in [0.2, 0.25) is 0 Å². The third-order valence-electron chi connectivity index (χ3n) is 3.02. The van der Waals surface area contributed by atoms with Gasteiger partial charge in [-0.2, -0.15) is 0 Å². The van der Waals surface area contributed by atoms with Crippen molar-refractivity contribution in [1.82, 2.24) is 5.32 Å². The van der Waals surface area contributed by atoms with Crippen molar-refractivity contribution in [1.29, 1.82) is 0 Å². The second-order valence-corrected chi connectivity index (χ2v) is 5.08. The lowest BCUT2D eigenvalue weighted by Gasteiger charge is -2.43. The van der Waals surface area contributed by atoms with Crippen LogP contribution in [0.1, 0.15) is 26.7 Å². The van der Waals surface area contributed by atoms with Gasteiger partial charge in [0.25, 0.3) is 0 Å². The molecule has 1 N–H and O–H groups in total. The van der Waals surface area contributed by atoms with Crippen LogP contribution in [0.5, 0.6) is 0 Å². The van der Waals surface area contributed by atoms with E-state index in [1.165, 1.54) is 19.4 Å². The summed E-state index contributed by atoms with van der Waals surface area (Å²) in [6.07, 6.45) is 2.79. The fourth-order valence-electron chi connectivity index (χ4n) is 2.33. The third-order valence-corrected chi connectivity index (χ3v) is 3.02. The molecular formula is C10H19NO. The minimum Gasteiger partial charge on any atom is -0.378 e. The average molecular weight is 169 g/mol. The predicted octanol–water partition coefficient (Wildman–Crippen LogP) is 1.41. The monoisotopic (exact) mass is 169 g/mol. The summed E-state index contributed by atoms with van der Waals surface area (Å²) in [5, 5.41) is 3.53. The summed E-state index contributed by atoms with van der Waals surface area (Å²) in [4.78, 5) is 0. The van der Waals surface area contributed by atoms with E-state index in [1.54, 1.807) is 0 Å². The van der Waals surface area contributed by atoms with Crippen molar-refractivity contribution in [2.75, 3.05) is 19.8 Å². The van der Waals surface area contributed by atoms with Gasteiger partial charge in [-0.1, -0.05) is 13.8 Å². The lowest BCUT2D eigenvalue weighted by molar-refractivity contribution is -0.0124. The summed E-state index contributed by atoms with van der Waals surface area (Å²) in [6.45, 7) is 7.77. The maximum atomic E-state index is 5.10. The Kier molecular flexibility index (Phi) is 2.13. The lowest BCUT2D eigenvalue weighted by atomic mass is 9.64. The van der Waals surface area contributed by atoms with Crippen molar-refractivity contribution in [3.8, 4) is 0 Å². The molecule has 0 unspecified atom stereocenters. The summed E-state index contributed by atoms with van der Waals surface area (Å²) in [6, 6.07) is 0.661. The topological polar surface area (TPSA) is 21.3 Å². The van der Waals surface area contributed by atoms with Gasteiger partial charge in [0.1, 0.15) is 0 Å². The van der Waals surface area contributed by atoms with Crippen molar-refractivity contribution >= 4 is 0 Å². The van der Waals surface area contributed by atoms with Crippen LogP contribution in [-0.2, 0) is 4.74 Å². The largest absolute Gasteiger partial charge is 0.378 e. The Morgan fingerprint density at radius 1 is 1.33 bits per heavy atom. The van der Waals surface area contributed by atoms with Crippen molar-refractivity contribution < 1.29 is 4.74 Å². The van der Waals surface area contributed by atoms with Crippen LogP contribution in [0.25, 0.3) is 0 Å². The standard InChI is InChI=1S/C10H19NO/c1-10(2)3-8(4-10)5-11-9-6-12-7-9/h8-9,11H,3-7H2,1-2H3. The molecule has 2 fully saturated rings. The molecule has 0 aromatic carbocycles. The highest BCUT2D eigenvalue weighted by Gasteiger charge is 2.36. The van der Waals surface area contributed by atoms with Gasteiger partial charge in [-0.05, 0) is 30.7 Å². The van der Waals surface area contributed by atoms with Crippen molar-refractivity contribution in [2.45, 2.75) is 32.7 Å². The van der Waals surface area contributed by atoms with Gasteiger partial charge in [0, 0.05) is 0 Å². The highest BCUT2D eigenvalue weighted by Crippen LogP contribution is 2.44. The molecular weight excluding hydrogens is 150 g/mol. The van der Waals surface area contributed by atoms with Gasteiger partial charge in [0.05, 0.1) is 19.3 Å². The van der Waals surface area contributed by atoms with E-state index in [1.807, 2.05) is 0 Å². The number of hydrogen-bond acceptors (Lipinski definition) is 2. The number of hydrogen-bond donors (Lipinski definition) is 1. The van der Waals surface area contributed by atoms with Crippen LogP contribution in [-0.4, -0.2) is 25.8 Å². The third kappa shape index (κ3) is 1.80. The van der Waals surface area contributed by atoms with E-state index in [2.05, 4.69) is 19.2 Å². The molecule has 0 aromatic rings. The van der Waals surface area contributed by atoms with Gasteiger partial charge < -0.3 is 10.1 Å². The highest BCUT2D eigenvalue weighted by atomic mass is 16.5. The molecule has 12 heavy (non-hydrogen) atoms. The second-order valence-electron chi connectivity index (χ2n) is 5.08. The highest BCUT2D eigenvalue weighted by molar-refractivity contribution is 4.88. The molecule has 2 heteroatoms. The Hall–Kier alpha value is -0.0800. The summed E-state index contributed by atoms with van der Waals surface area (Å²) in [7, 11) is 0. The van der Waals surface area contributed by atoms with Crippen molar-refractivity contribution in [3.05, 3.63) is 0 Å². The molecule has 1 saturated carbocycles. The molecule has 70 valence electrons. The second kappa shape index (κ2) is 3.00.